The minimum atomic E-state index is -1.01. The second-order valence-electron chi connectivity index (χ2n) is 7.72. The van der Waals surface area contributed by atoms with Gasteiger partial charge in [-0.1, -0.05) is 6.07 Å². The zero-order valence-electron chi connectivity index (χ0n) is 17.1. The van der Waals surface area contributed by atoms with Gasteiger partial charge < -0.3 is 4.90 Å². The second kappa shape index (κ2) is 8.22. The molecular formula is C23H21FN4OS. The molecule has 0 N–H and O–H groups in total. The first-order chi connectivity index (χ1) is 14.2. The number of carbonyl (C=O) groups is 1. The summed E-state index contributed by atoms with van der Waals surface area (Å²) in [5.74, 6) is -0.612. The topological polar surface area (TPSA) is 71.1 Å². The maximum Gasteiger partial charge on any atom is 0.259 e. The summed E-state index contributed by atoms with van der Waals surface area (Å²) >= 11 is 5.63. The van der Waals surface area contributed by atoms with Crippen LogP contribution in [-0.4, -0.2) is 16.6 Å². The van der Waals surface area contributed by atoms with Gasteiger partial charge >= 0.3 is 0 Å². The van der Waals surface area contributed by atoms with Gasteiger partial charge in [-0.05, 0) is 87.3 Å². The molecule has 1 aliphatic rings. The van der Waals surface area contributed by atoms with E-state index in [9.17, 15) is 9.18 Å². The number of anilines is 2. The molecule has 2 aromatic carbocycles. The summed E-state index contributed by atoms with van der Waals surface area (Å²) in [4.78, 5) is 16.3. The van der Waals surface area contributed by atoms with E-state index in [0.29, 0.717) is 41.8 Å². The smallest absolute Gasteiger partial charge is 0.259 e. The van der Waals surface area contributed by atoms with Gasteiger partial charge in [0.2, 0.25) is 0 Å². The Morgan fingerprint density at radius 1 is 1.13 bits per heavy atom. The van der Waals surface area contributed by atoms with Crippen LogP contribution in [0, 0.1) is 35.4 Å². The Morgan fingerprint density at radius 2 is 1.83 bits per heavy atom. The molecular weight excluding hydrogens is 399 g/mol. The van der Waals surface area contributed by atoms with E-state index >= 15 is 0 Å². The zero-order chi connectivity index (χ0) is 22.1. The van der Waals surface area contributed by atoms with Crippen LogP contribution in [0.5, 0.6) is 0 Å². The Kier molecular flexibility index (Phi) is 5.87. The molecule has 1 aliphatic heterocycles. The van der Waals surface area contributed by atoms with E-state index in [1.165, 1.54) is 11.0 Å². The van der Waals surface area contributed by atoms with Crippen molar-refractivity contribution < 1.29 is 9.18 Å². The van der Waals surface area contributed by atoms with Crippen molar-refractivity contribution in [1.29, 1.82) is 10.5 Å². The molecule has 0 atom stereocenters. The molecule has 0 unspecified atom stereocenters. The SMILES string of the molecule is Cc1cc(N2C(=O)C(C)(C)N(c3ccc(CCCC#N)c(F)c3)C2=S)ccc1C#N. The summed E-state index contributed by atoms with van der Waals surface area (Å²) in [6.07, 6.45) is 1.44. The number of carbonyl (C=O) groups excluding carboxylic acids is 1. The molecule has 0 radical (unpaired) electrons. The van der Waals surface area contributed by atoms with Gasteiger partial charge in [-0.25, -0.2) is 4.39 Å². The van der Waals surface area contributed by atoms with Gasteiger partial charge in [0.15, 0.2) is 5.11 Å². The number of unbranched alkanes of at least 4 members (excludes halogenated alkanes) is 1. The lowest BCUT2D eigenvalue weighted by atomic mass is 10.0. The van der Waals surface area contributed by atoms with Crippen LogP contribution in [0.1, 0.15) is 43.4 Å². The number of nitriles is 2. The number of benzene rings is 2. The molecule has 0 spiro atoms. The molecule has 1 saturated heterocycles. The fourth-order valence-electron chi connectivity index (χ4n) is 3.60. The van der Waals surface area contributed by atoms with Crippen LogP contribution < -0.4 is 9.80 Å². The lowest BCUT2D eigenvalue weighted by Gasteiger charge is -2.29. The van der Waals surface area contributed by atoms with E-state index in [0.717, 1.165) is 5.56 Å². The molecule has 0 bridgehead atoms. The summed E-state index contributed by atoms with van der Waals surface area (Å²) in [6.45, 7) is 5.29. The van der Waals surface area contributed by atoms with Crippen molar-refractivity contribution in [1.82, 2.24) is 0 Å². The van der Waals surface area contributed by atoms with Crippen molar-refractivity contribution in [3.63, 3.8) is 0 Å². The largest absolute Gasteiger partial charge is 0.303 e. The van der Waals surface area contributed by atoms with E-state index < -0.39 is 5.54 Å². The van der Waals surface area contributed by atoms with E-state index in [1.807, 2.05) is 0 Å². The predicted molar refractivity (Wildman–Crippen MR) is 117 cm³/mol. The lowest BCUT2D eigenvalue weighted by Crippen LogP contribution is -2.44. The molecule has 152 valence electrons. The van der Waals surface area contributed by atoms with E-state index in [1.54, 1.807) is 56.0 Å². The third-order valence-corrected chi connectivity index (χ3v) is 5.65. The number of rotatable bonds is 5. The maximum atomic E-state index is 14.7. The number of aryl methyl sites for hydroxylation is 2. The van der Waals surface area contributed by atoms with Crippen LogP contribution in [0.15, 0.2) is 36.4 Å². The molecule has 1 fully saturated rings. The average Bonchev–Trinajstić information content (AvgIpc) is 2.87. The summed E-state index contributed by atoms with van der Waals surface area (Å²) < 4.78 is 14.7. The zero-order valence-corrected chi connectivity index (χ0v) is 17.9. The number of hydrogen-bond acceptors (Lipinski definition) is 4. The first-order valence-electron chi connectivity index (χ1n) is 9.57. The van der Waals surface area contributed by atoms with E-state index in [-0.39, 0.29) is 16.8 Å². The van der Waals surface area contributed by atoms with Crippen molar-refractivity contribution in [2.75, 3.05) is 9.80 Å². The predicted octanol–water partition coefficient (Wildman–Crippen LogP) is 4.77. The second-order valence-corrected chi connectivity index (χ2v) is 8.08. The quantitative estimate of drug-likeness (QED) is 0.515. The molecule has 1 amide bonds. The fourth-order valence-corrected chi connectivity index (χ4v) is 4.13. The molecule has 0 aromatic heterocycles. The minimum absolute atomic E-state index is 0.227. The van der Waals surface area contributed by atoms with Crippen molar-refractivity contribution >= 4 is 34.6 Å². The molecule has 5 nitrogen and oxygen atoms in total. The van der Waals surface area contributed by atoms with Crippen LogP contribution in [0.25, 0.3) is 0 Å². The van der Waals surface area contributed by atoms with E-state index in [2.05, 4.69) is 12.1 Å². The first kappa shape index (κ1) is 21.4. The summed E-state index contributed by atoms with van der Waals surface area (Å²) in [6, 6.07) is 14.1. The van der Waals surface area contributed by atoms with Gasteiger partial charge in [-0.15, -0.1) is 0 Å². The van der Waals surface area contributed by atoms with Gasteiger partial charge in [0.05, 0.1) is 23.4 Å². The highest BCUT2D eigenvalue weighted by Crippen LogP contribution is 2.37. The number of amides is 1. The van der Waals surface area contributed by atoms with Crippen molar-refractivity contribution in [2.24, 2.45) is 0 Å². The molecule has 2 aromatic rings. The molecule has 0 aliphatic carbocycles. The standard InChI is InChI=1S/C23H21FN4OS/c1-15-12-18(9-8-17(15)14-26)27-21(29)23(2,3)28(22(27)30)19-10-7-16(20(24)13-19)6-4-5-11-25/h7-10,12-13H,4-6H2,1-3H3. The van der Waals surface area contributed by atoms with Crippen LogP contribution in [0.3, 0.4) is 0 Å². The van der Waals surface area contributed by atoms with Gasteiger partial charge in [0.25, 0.3) is 5.91 Å². The minimum Gasteiger partial charge on any atom is -0.303 e. The third kappa shape index (κ3) is 3.65. The van der Waals surface area contributed by atoms with Crippen molar-refractivity contribution in [3.05, 3.63) is 58.9 Å². The van der Waals surface area contributed by atoms with E-state index in [4.69, 9.17) is 22.7 Å². The monoisotopic (exact) mass is 420 g/mol. The van der Waals surface area contributed by atoms with Crippen LogP contribution in [0.4, 0.5) is 15.8 Å². The summed E-state index contributed by atoms with van der Waals surface area (Å²) in [5, 5.41) is 18.1. The molecule has 1 heterocycles. The Morgan fingerprint density at radius 3 is 2.43 bits per heavy atom. The Balaban J connectivity index is 1.97. The fraction of sp³-hybridized carbons (Fsp3) is 0.304. The average molecular weight is 421 g/mol. The van der Waals surface area contributed by atoms with Gasteiger partial charge in [0, 0.05) is 12.1 Å². The Labute approximate surface area is 180 Å². The summed E-state index contributed by atoms with van der Waals surface area (Å²) in [7, 11) is 0. The van der Waals surface area contributed by atoms with Gasteiger partial charge in [-0.3, -0.25) is 9.69 Å². The highest BCUT2D eigenvalue weighted by Gasteiger charge is 2.50. The number of halogens is 1. The highest BCUT2D eigenvalue weighted by atomic mass is 32.1. The number of hydrogen-bond donors (Lipinski definition) is 0. The normalized spacial score (nSPS) is 15.3. The Bertz CT molecular complexity index is 1110. The number of nitrogens with zero attached hydrogens (tertiary/aromatic N) is 4. The first-order valence-corrected chi connectivity index (χ1v) is 9.98. The van der Waals surface area contributed by atoms with Gasteiger partial charge in [0.1, 0.15) is 11.4 Å². The van der Waals surface area contributed by atoms with Crippen LogP contribution >= 0.6 is 12.2 Å². The lowest BCUT2D eigenvalue weighted by molar-refractivity contribution is -0.120. The highest BCUT2D eigenvalue weighted by molar-refractivity contribution is 7.81. The molecule has 7 heteroatoms. The van der Waals surface area contributed by atoms with Crippen molar-refractivity contribution in [2.45, 2.75) is 45.6 Å². The molecule has 30 heavy (non-hydrogen) atoms. The molecule has 0 saturated carbocycles. The third-order valence-electron chi connectivity index (χ3n) is 5.29. The van der Waals surface area contributed by atoms with Crippen LogP contribution in [-0.2, 0) is 11.2 Å². The molecule has 3 rings (SSSR count). The van der Waals surface area contributed by atoms with Crippen molar-refractivity contribution in [3.8, 4) is 12.1 Å². The number of thiocarbonyl (C=S) groups is 1. The van der Waals surface area contributed by atoms with Gasteiger partial charge in [-0.2, -0.15) is 10.5 Å². The van der Waals surface area contributed by atoms with Crippen LogP contribution in [0.2, 0.25) is 0 Å². The Hall–Kier alpha value is -3.29. The summed E-state index contributed by atoms with van der Waals surface area (Å²) in [5.41, 5.74) is 1.87. The maximum absolute atomic E-state index is 14.7.